The summed E-state index contributed by atoms with van der Waals surface area (Å²) in [6.45, 7) is 1.94. The third-order valence-electron chi connectivity index (χ3n) is 0.584. The van der Waals surface area contributed by atoms with Crippen LogP contribution in [0.25, 0.3) is 0 Å². The normalized spacial score (nSPS) is 8.12. The molecular weight excluding hydrogens is 140 g/mol. The van der Waals surface area contributed by atoms with Gasteiger partial charge >= 0.3 is 0 Å². The fraction of sp³-hybridized carbons (Fsp3) is 0.500. The van der Waals surface area contributed by atoms with Crippen molar-refractivity contribution in [2.24, 2.45) is 5.73 Å². The van der Waals surface area contributed by atoms with Crippen molar-refractivity contribution in [3.63, 3.8) is 0 Å². The minimum Gasteiger partial charge on any atom is -0.376 e. The van der Waals surface area contributed by atoms with Gasteiger partial charge in [-0.3, -0.25) is 0 Å². The van der Waals surface area contributed by atoms with Gasteiger partial charge in [0.1, 0.15) is 0 Å². The first-order valence-corrected chi connectivity index (χ1v) is 3.07. The third kappa shape index (κ3) is 3.95. The standard InChI is InChI=1S/C4H8N2S2/c1-2-3(7)6-4(5)8/h2H2,1H3,(H3,5,6,7,8). The summed E-state index contributed by atoms with van der Waals surface area (Å²) in [5, 5.41) is 2.88. The highest BCUT2D eigenvalue weighted by Gasteiger charge is 1.89. The number of hydrogen-bond acceptors (Lipinski definition) is 2. The lowest BCUT2D eigenvalue weighted by molar-refractivity contribution is 1.22. The molecule has 3 N–H and O–H groups in total. The van der Waals surface area contributed by atoms with Gasteiger partial charge in [0.2, 0.25) is 0 Å². The van der Waals surface area contributed by atoms with Crippen LogP contribution in [0.2, 0.25) is 0 Å². The largest absolute Gasteiger partial charge is 0.376 e. The summed E-state index contributed by atoms with van der Waals surface area (Å²) in [5.74, 6) is 0. The second-order valence-electron chi connectivity index (χ2n) is 1.27. The van der Waals surface area contributed by atoms with E-state index in [0.717, 1.165) is 6.42 Å². The summed E-state index contributed by atoms with van der Waals surface area (Å²) < 4.78 is 0. The molecular formula is C4H8N2S2. The van der Waals surface area contributed by atoms with Gasteiger partial charge in [0.25, 0.3) is 0 Å². The summed E-state index contributed by atoms with van der Waals surface area (Å²) >= 11 is 9.27. The minimum atomic E-state index is 0.247. The van der Waals surface area contributed by atoms with Crippen LogP contribution in [0.5, 0.6) is 0 Å². The van der Waals surface area contributed by atoms with Crippen molar-refractivity contribution >= 4 is 34.5 Å². The van der Waals surface area contributed by atoms with Gasteiger partial charge < -0.3 is 11.1 Å². The van der Waals surface area contributed by atoms with E-state index in [1.807, 2.05) is 6.92 Å². The van der Waals surface area contributed by atoms with E-state index >= 15 is 0 Å². The van der Waals surface area contributed by atoms with Crippen molar-refractivity contribution in [1.82, 2.24) is 5.32 Å². The Morgan fingerprint density at radius 1 is 1.62 bits per heavy atom. The summed E-state index contributed by atoms with van der Waals surface area (Å²) in [5.41, 5.74) is 5.10. The van der Waals surface area contributed by atoms with Gasteiger partial charge in [-0.15, -0.1) is 0 Å². The van der Waals surface area contributed by atoms with E-state index in [2.05, 4.69) is 17.5 Å². The average Bonchev–Trinajstić information content (AvgIpc) is 1.65. The molecule has 0 aliphatic carbocycles. The van der Waals surface area contributed by atoms with Crippen LogP contribution in [0.3, 0.4) is 0 Å². The molecule has 8 heavy (non-hydrogen) atoms. The van der Waals surface area contributed by atoms with Crippen molar-refractivity contribution in [1.29, 1.82) is 0 Å². The molecule has 0 aliphatic heterocycles. The van der Waals surface area contributed by atoms with Crippen LogP contribution in [0.15, 0.2) is 0 Å². The van der Waals surface area contributed by atoms with E-state index in [4.69, 9.17) is 18.0 Å². The Bertz CT molecular complexity index is 111. The van der Waals surface area contributed by atoms with E-state index in [9.17, 15) is 0 Å². The molecule has 0 saturated carbocycles. The number of nitrogens with two attached hydrogens (primary N) is 1. The Balaban J connectivity index is 3.40. The molecule has 0 aliphatic rings. The first-order valence-electron chi connectivity index (χ1n) is 2.26. The highest BCUT2D eigenvalue weighted by molar-refractivity contribution is 7.81. The number of hydrogen-bond donors (Lipinski definition) is 2. The maximum atomic E-state index is 5.10. The van der Waals surface area contributed by atoms with Gasteiger partial charge in [-0.1, -0.05) is 19.1 Å². The molecule has 0 spiro atoms. The second kappa shape index (κ2) is 3.74. The fourth-order valence-corrected chi connectivity index (χ4v) is 0.524. The Labute approximate surface area is 59.4 Å². The first kappa shape index (κ1) is 7.78. The van der Waals surface area contributed by atoms with Crippen LogP contribution in [0, 0.1) is 0 Å². The van der Waals surface area contributed by atoms with Gasteiger partial charge in [-0.05, 0) is 18.6 Å². The van der Waals surface area contributed by atoms with Crippen LogP contribution in [0.1, 0.15) is 13.3 Å². The first-order chi connectivity index (χ1) is 3.66. The molecule has 4 heteroatoms. The van der Waals surface area contributed by atoms with Crippen molar-refractivity contribution in [3.05, 3.63) is 0 Å². The Morgan fingerprint density at radius 2 is 2.12 bits per heavy atom. The van der Waals surface area contributed by atoms with Crippen LogP contribution in [-0.2, 0) is 0 Å². The molecule has 0 atom stereocenters. The second-order valence-corrected chi connectivity index (χ2v) is 2.20. The van der Waals surface area contributed by atoms with Crippen LogP contribution < -0.4 is 11.1 Å². The quantitative estimate of drug-likeness (QED) is 0.533. The molecule has 0 unspecified atom stereocenters. The molecule has 0 aromatic carbocycles. The Kier molecular flexibility index (Phi) is 3.64. The van der Waals surface area contributed by atoms with Crippen molar-refractivity contribution in [2.75, 3.05) is 0 Å². The predicted molar refractivity (Wildman–Crippen MR) is 42.8 cm³/mol. The molecule has 0 saturated heterocycles. The molecule has 0 amide bonds. The minimum absolute atomic E-state index is 0.247. The smallest absolute Gasteiger partial charge is 0.168 e. The zero-order valence-electron chi connectivity index (χ0n) is 4.60. The monoisotopic (exact) mass is 148 g/mol. The summed E-state index contributed by atoms with van der Waals surface area (Å²) in [6.07, 6.45) is 0.784. The Morgan fingerprint density at radius 3 is 2.25 bits per heavy atom. The van der Waals surface area contributed by atoms with Gasteiger partial charge in [0.15, 0.2) is 5.11 Å². The summed E-state index contributed by atoms with van der Waals surface area (Å²) in [6, 6.07) is 0. The molecule has 0 aromatic heterocycles. The van der Waals surface area contributed by atoms with Gasteiger partial charge in [-0.2, -0.15) is 0 Å². The van der Waals surface area contributed by atoms with E-state index in [1.54, 1.807) is 0 Å². The molecule has 2 nitrogen and oxygen atoms in total. The fourth-order valence-electron chi connectivity index (χ4n) is 0.226. The van der Waals surface area contributed by atoms with E-state index in [0.29, 0.717) is 4.99 Å². The SMILES string of the molecule is CCC(=S)NC(N)=S. The maximum Gasteiger partial charge on any atom is 0.168 e. The van der Waals surface area contributed by atoms with Gasteiger partial charge in [-0.25, -0.2) is 0 Å². The zero-order chi connectivity index (χ0) is 6.57. The number of rotatable bonds is 1. The molecule has 0 rings (SSSR count). The average molecular weight is 148 g/mol. The van der Waals surface area contributed by atoms with Crippen molar-refractivity contribution in [3.8, 4) is 0 Å². The molecule has 0 bridgehead atoms. The summed E-state index contributed by atoms with van der Waals surface area (Å²) in [7, 11) is 0. The highest BCUT2D eigenvalue weighted by atomic mass is 32.1. The molecule has 46 valence electrons. The number of nitrogens with one attached hydrogen (secondary N) is 1. The molecule has 0 fully saturated rings. The lowest BCUT2D eigenvalue weighted by atomic mass is 10.5. The van der Waals surface area contributed by atoms with E-state index in [1.165, 1.54) is 0 Å². The molecule has 0 heterocycles. The predicted octanol–water partition coefficient (Wildman–Crippen LogP) is 0.557. The van der Waals surface area contributed by atoms with E-state index < -0.39 is 0 Å². The topological polar surface area (TPSA) is 38.0 Å². The zero-order valence-corrected chi connectivity index (χ0v) is 6.23. The third-order valence-corrected chi connectivity index (χ3v) is 1.08. The molecule has 0 aromatic rings. The van der Waals surface area contributed by atoms with Gasteiger partial charge in [0.05, 0.1) is 4.99 Å². The lowest BCUT2D eigenvalue weighted by Gasteiger charge is -1.99. The molecule has 0 radical (unpaired) electrons. The van der Waals surface area contributed by atoms with Crippen LogP contribution in [0.4, 0.5) is 0 Å². The van der Waals surface area contributed by atoms with E-state index in [-0.39, 0.29) is 5.11 Å². The van der Waals surface area contributed by atoms with Crippen molar-refractivity contribution in [2.45, 2.75) is 13.3 Å². The highest BCUT2D eigenvalue weighted by Crippen LogP contribution is 1.77. The lowest BCUT2D eigenvalue weighted by Crippen LogP contribution is -2.32. The van der Waals surface area contributed by atoms with Gasteiger partial charge in [0, 0.05) is 0 Å². The van der Waals surface area contributed by atoms with Crippen molar-refractivity contribution < 1.29 is 0 Å². The number of thiocarbonyl (C=S) groups is 2. The Hall–Kier alpha value is -0.220. The van der Waals surface area contributed by atoms with Crippen LogP contribution in [-0.4, -0.2) is 10.1 Å². The van der Waals surface area contributed by atoms with Crippen LogP contribution >= 0.6 is 24.4 Å². The maximum absolute atomic E-state index is 5.10. The summed E-state index contributed by atoms with van der Waals surface area (Å²) in [4.78, 5) is 0.692.